The average molecular weight is 617 g/mol. The Morgan fingerprint density at radius 2 is 1.71 bits per heavy atom. The van der Waals surface area contributed by atoms with Crippen LogP contribution >= 0.6 is 11.6 Å². The molecule has 4 heterocycles. The maximum absolute atomic E-state index is 14.1. The molecule has 2 aliphatic carbocycles. The minimum Gasteiger partial charge on any atom is -0.379 e. The molecule has 0 unspecified atom stereocenters. The second kappa shape index (κ2) is 11.1. The predicted octanol–water partition coefficient (Wildman–Crippen LogP) is 3.49. The lowest BCUT2D eigenvalue weighted by atomic mass is 9.92. The van der Waals surface area contributed by atoms with Gasteiger partial charge in [-0.1, -0.05) is 11.6 Å². The molecule has 2 fully saturated rings. The van der Waals surface area contributed by atoms with Crippen molar-refractivity contribution < 1.29 is 17.6 Å². The van der Waals surface area contributed by atoms with Crippen LogP contribution in [0, 0.1) is 12.7 Å². The maximum Gasteiger partial charge on any atom is 0.276 e. The number of anilines is 3. The number of pyridine rings is 1. The van der Waals surface area contributed by atoms with E-state index in [2.05, 4.69) is 40.8 Å². The van der Waals surface area contributed by atoms with Gasteiger partial charge in [0.1, 0.15) is 15.9 Å². The van der Waals surface area contributed by atoms with E-state index >= 15 is 0 Å². The summed E-state index contributed by atoms with van der Waals surface area (Å²) in [4.78, 5) is 21.2. The van der Waals surface area contributed by atoms with Crippen LogP contribution in [0.15, 0.2) is 35.6 Å². The van der Waals surface area contributed by atoms with E-state index in [9.17, 15) is 17.6 Å². The number of imidazole rings is 1. The van der Waals surface area contributed by atoms with Crippen LogP contribution in [0.4, 0.5) is 21.6 Å². The van der Waals surface area contributed by atoms with Crippen LogP contribution in [-0.4, -0.2) is 61.8 Å². The Hall–Kier alpha value is -3.82. The summed E-state index contributed by atoms with van der Waals surface area (Å²) < 4.78 is 45.7. The van der Waals surface area contributed by atoms with Crippen LogP contribution in [0.1, 0.15) is 54.7 Å². The van der Waals surface area contributed by atoms with E-state index in [1.807, 2.05) is 6.07 Å². The first-order chi connectivity index (χ1) is 20.1. The van der Waals surface area contributed by atoms with E-state index in [1.54, 1.807) is 14.0 Å². The summed E-state index contributed by atoms with van der Waals surface area (Å²) >= 11 is 6.20. The molecule has 0 saturated heterocycles. The van der Waals surface area contributed by atoms with E-state index in [4.69, 9.17) is 11.6 Å². The van der Waals surface area contributed by atoms with Gasteiger partial charge in [0.25, 0.3) is 5.91 Å². The third kappa shape index (κ3) is 5.76. The molecule has 16 heteroatoms. The van der Waals surface area contributed by atoms with Crippen LogP contribution in [0.2, 0.25) is 5.15 Å². The van der Waals surface area contributed by atoms with Gasteiger partial charge in [0.2, 0.25) is 10.0 Å². The minimum atomic E-state index is -3.83. The Labute approximate surface area is 246 Å². The number of halogens is 2. The highest BCUT2D eigenvalue weighted by molar-refractivity contribution is 7.89. The number of hydrogen-bond acceptors (Lipinski definition) is 9. The summed E-state index contributed by atoms with van der Waals surface area (Å²) in [5, 5.41) is 18.3. The van der Waals surface area contributed by atoms with Crippen molar-refractivity contribution in [2.24, 2.45) is 7.05 Å². The van der Waals surface area contributed by atoms with Crippen molar-refractivity contribution in [3.8, 4) is 0 Å². The zero-order chi connectivity index (χ0) is 29.6. The van der Waals surface area contributed by atoms with Crippen molar-refractivity contribution in [1.82, 2.24) is 34.1 Å². The zero-order valence-electron chi connectivity index (χ0n) is 22.9. The number of nitrogens with zero attached hydrogens (tertiary/aromatic N) is 6. The first-order valence-corrected chi connectivity index (χ1v) is 15.5. The first kappa shape index (κ1) is 28.3. The molecule has 222 valence electrons. The van der Waals surface area contributed by atoms with Gasteiger partial charge in [-0.15, -0.1) is 5.10 Å². The SMILES string of the molecule is Cc1nn(C)c(Cl)c1S(=O)(=O)NC1CCC(Nc2cc(NC3CC3)c3ncc(C(=O)Nc4ccncc4F)n3n2)CC1. The summed E-state index contributed by atoms with van der Waals surface area (Å²) in [5.41, 5.74) is 1.71. The Balaban J connectivity index is 1.17. The fourth-order valence-corrected chi connectivity index (χ4v) is 7.22. The van der Waals surface area contributed by atoms with Gasteiger partial charge in [-0.2, -0.15) is 5.10 Å². The van der Waals surface area contributed by atoms with E-state index in [1.165, 1.54) is 27.7 Å². The highest BCUT2D eigenvalue weighted by Gasteiger charge is 2.31. The number of rotatable bonds is 9. The summed E-state index contributed by atoms with van der Waals surface area (Å²) in [6.07, 6.45) is 8.50. The molecule has 1 amide bonds. The van der Waals surface area contributed by atoms with Crippen LogP contribution in [0.25, 0.3) is 5.65 Å². The van der Waals surface area contributed by atoms with Crippen LogP contribution in [0.3, 0.4) is 0 Å². The Kier molecular flexibility index (Phi) is 7.49. The molecule has 4 aromatic rings. The van der Waals surface area contributed by atoms with Gasteiger partial charge in [-0.05, 0) is 51.5 Å². The van der Waals surface area contributed by atoms with Crippen LogP contribution in [0.5, 0.6) is 0 Å². The smallest absolute Gasteiger partial charge is 0.276 e. The molecule has 0 aromatic carbocycles. The van der Waals surface area contributed by atoms with Gasteiger partial charge in [-0.3, -0.25) is 14.5 Å². The molecule has 13 nitrogen and oxygen atoms in total. The summed E-state index contributed by atoms with van der Waals surface area (Å²) in [6, 6.07) is 3.35. The Morgan fingerprint density at radius 3 is 2.38 bits per heavy atom. The number of nitrogens with one attached hydrogen (secondary N) is 4. The molecule has 0 atom stereocenters. The van der Waals surface area contributed by atoms with Gasteiger partial charge in [-0.25, -0.2) is 27.0 Å². The number of fused-ring (bicyclic) bond motifs is 1. The van der Waals surface area contributed by atoms with Crippen molar-refractivity contribution in [2.75, 3.05) is 16.0 Å². The Bertz CT molecular complexity index is 1760. The molecule has 6 rings (SSSR count). The maximum atomic E-state index is 14.1. The third-order valence-electron chi connectivity index (χ3n) is 7.43. The normalized spacial score (nSPS) is 19.1. The van der Waals surface area contributed by atoms with E-state index in [0.29, 0.717) is 48.9 Å². The molecule has 0 aliphatic heterocycles. The van der Waals surface area contributed by atoms with Gasteiger partial charge < -0.3 is 16.0 Å². The van der Waals surface area contributed by atoms with Crippen molar-refractivity contribution >= 4 is 50.4 Å². The molecule has 4 N–H and O–H groups in total. The summed E-state index contributed by atoms with van der Waals surface area (Å²) in [6.45, 7) is 1.62. The average Bonchev–Trinajstić information content (AvgIpc) is 3.58. The lowest BCUT2D eigenvalue weighted by Crippen LogP contribution is -2.40. The third-order valence-corrected chi connectivity index (χ3v) is 9.64. The topological polar surface area (TPSA) is 160 Å². The van der Waals surface area contributed by atoms with Crippen LogP contribution < -0.4 is 20.7 Å². The number of carbonyl (C=O) groups excluding carboxylic acids is 1. The monoisotopic (exact) mass is 616 g/mol. The Morgan fingerprint density at radius 1 is 1.02 bits per heavy atom. The standard InChI is InChI=1S/C26H30ClFN10O3S/c1-14-23(24(27)37(2)34-14)42(40,41)36-17-7-5-16(6-8-17)32-22-11-20(31-15-3-4-15)25-30-13-21(38(25)35-22)26(39)33-19-9-10-29-12-18(19)28/h9-13,15-17,31,36H,3-8H2,1-2H3,(H,32,35)(H,29,33,39). The second-order valence-corrected chi connectivity index (χ2v) is 12.7. The molecule has 0 spiro atoms. The van der Waals surface area contributed by atoms with E-state index < -0.39 is 21.7 Å². The highest BCUT2D eigenvalue weighted by atomic mass is 35.5. The molecule has 4 aromatic heterocycles. The van der Waals surface area contributed by atoms with Gasteiger partial charge in [0, 0.05) is 37.4 Å². The van der Waals surface area contributed by atoms with Crippen molar-refractivity contribution in [3.63, 3.8) is 0 Å². The zero-order valence-corrected chi connectivity index (χ0v) is 24.5. The quantitative estimate of drug-likeness (QED) is 0.221. The fourth-order valence-electron chi connectivity index (χ4n) is 5.17. The van der Waals surface area contributed by atoms with Crippen LogP contribution in [-0.2, 0) is 17.1 Å². The number of carbonyl (C=O) groups is 1. The number of aromatic nitrogens is 6. The minimum absolute atomic E-state index is 0.00361. The van der Waals surface area contributed by atoms with Gasteiger partial charge in [0.05, 0.1) is 29.5 Å². The summed E-state index contributed by atoms with van der Waals surface area (Å²) in [7, 11) is -2.23. The predicted molar refractivity (Wildman–Crippen MR) is 155 cm³/mol. The fraction of sp³-hybridized carbons (Fsp3) is 0.423. The van der Waals surface area contributed by atoms with Gasteiger partial charge >= 0.3 is 0 Å². The number of amides is 1. The molecular formula is C26H30ClFN10O3S. The number of aryl methyl sites for hydroxylation is 2. The molecule has 0 radical (unpaired) electrons. The largest absolute Gasteiger partial charge is 0.379 e. The number of hydrogen-bond donors (Lipinski definition) is 4. The highest BCUT2D eigenvalue weighted by Crippen LogP contribution is 2.31. The second-order valence-electron chi connectivity index (χ2n) is 10.7. The first-order valence-electron chi connectivity index (χ1n) is 13.6. The lowest BCUT2D eigenvalue weighted by molar-refractivity contribution is 0.102. The van der Waals surface area contributed by atoms with Crippen molar-refractivity contribution in [1.29, 1.82) is 0 Å². The van der Waals surface area contributed by atoms with Gasteiger partial charge in [0.15, 0.2) is 17.2 Å². The molecule has 2 saturated carbocycles. The van der Waals surface area contributed by atoms with Crippen molar-refractivity contribution in [2.45, 2.75) is 68.5 Å². The summed E-state index contributed by atoms with van der Waals surface area (Å²) in [5.74, 6) is -0.677. The number of sulfonamides is 1. The van der Waals surface area contributed by atoms with E-state index in [-0.39, 0.29) is 33.5 Å². The van der Waals surface area contributed by atoms with E-state index in [0.717, 1.165) is 24.7 Å². The molecule has 0 bridgehead atoms. The molecular weight excluding hydrogens is 587 g/mol. The molecule has 2 aliphatic rings. The lowest BCUT2D eigenvalue weighted by Gasteiger charge is -2.30. The van der Waals surface area contributed by atoms with Crippen molar-refractivity contribution in [3.05, 3.63) is 53.1 Å². The molecule has 42 heavy (non-hydrogen) atoms.